The van der Waals surface area contributed by atoms with Gasteiger partial charge in [-0.25, -0.2) is 9.13 Å². The molecule has 0 saturated carbocycles. The number of phosphoric acid groups is 2. The van der Waals surface area contributed by atoms with Crippen LogP contribution in [0.3, 0.4) is 0 Å². The van der Waals surface area contributed by atoms with E-state index in [1.54, 1.807) is 0 Å². The van der Waals surface area contributed by atoms with Gasteiger partial charge in [0.25, 0.3) is 0 Å². The van der Waals surface area contributed by atoms with Gasteiger partial charge in [-0.2, -0.15) is 0 Å². The van der Waals surface area contributed by atoms with Crippen LogP contribution in [0.1, 0.15) is 137 Å². The van der Waals surface area contributed by atoms with Gasteiger partial charge in [-0.05, 0) is 0 Å². The Hall–Kier alpha value is 0.180. The molecular formula is C21H54O9P2. The van der Waals surface area contributed by atoms with E-state index in [0.29, 0.717) is 0 Å². The Kier molecular flexibility index (Phi) is 44.1. The van der Waals surface area contributed by atoms with Gasteiger partial charge in [-0.1, -0.05) is 137 Å². The molecule has 0 unspecified atom stereocenters. The molecule has 0 bridgehead atoms. The molecule has 0 aliphatic carbocycles. The summed E-state index contributed by atoms with van der Waals surface area (Å²) < 4.78 is 17.8. The van der Waals surface area contributed by atoms with Crippen molar-refractivity contribution in [2.75, 3.05) is 0 Å². The summed E-state index contributed by atoms with van der Waals surface area (Å²) >= 11 is 0. The van der Waals surface area contributed by atoms with Crippen LogP contribution in [0.5, 0.6) is 0 Å². The van der Waals surface area contributed by atoms with E-state index in [1.165, 1.54) is 109 Å². The summed E-state index contributed by atoms with van der Waals surface area (Å²) in [6.07, 6.45) is 24.9. The zero-order chi connectivity index (χ0) is 25.0. The molecule has 0 saturated heterocycles. The lowest BCUT2D eigenvalue weighted by Gasteiger charge is -2.03. The lowest BCUT2D eigenvalue weighted by molar-refractivity contribution is 0.272. The largest absolute Gasteiger partial charge is 0.466 e. The molecule has 0 aromatic heterocycles. The summed E-state index contributed by atoms with van der Waals surface area (Å²) in [5.41, 5.74) is 0. The van der Waals surface area contributed by atoms with Gasteiger partial charge in [0.1, 0.15) is 0 Å². The Labute approximate surface area is 196 Å². The molecule has 0 fully saturated rings. The zero-order valence-corrected chi connectivity index (χ0v) is 22.7. The third kappa shape index (κ3) is 98.2. The fourth-order valence-corrected chi connectivity index (χ4v) is 2.80. The molecule has 9 nitrogen and oxygen atoms in total. The third-order valence-corrected chi connectivity index (χ3v) is 4.21. The Morgan fingerprint density at radius 2 is 0.500 bits per heavy atom. The molecule has 32 heavy (non-hydrogen) atoms. The molecule has 8 N–H and O–H groups in total. The van der Waals surface area contributed by atoms with Gasteiger partial charge in [0.2, 0.25) is 0 Å². The quantitative estimate of drug-likeness (QED) is 0.107. The zero-order valence-electron chi connectivity index (χ0n) is 20.9. The summed E-state index contributed by atoms with van der Waals surface area (Å²) in [5, 5.41) is 0. The van der Waals surface area contributed by atoms with Crippen LogP contribution < -0.4 is 0 Å². The van der Waals surface area contributed by atoms with Crippen LogP contribution in [0, 0.1) is 0 Å². The minimum Gasteiger partial charge on any atom is -0.412 e. The molecule has 0 radical (unpaired) electrons. The van der Waals surface area contributed by atoms with Crippen LogP contribution >= 0.6 is 15.6 Å². The molecule has 0 aromatic rings. The molecule has 0 atom stereocenters. The molecule has 0 spiro atoms. The van der Waals surface area contributed by atoms with Crippen LogP contribution in [0.4, 0.5) is 0 Å². The molecule has 0 amide bonds. The summed E-state index contributed by atoms with van der Waals surface area (Å²) in [5.74, 6) is 0. The minimum absolute atomic E-state index is 0. The number of hydrogen-bond donors (Lipinski definition) is 6. The number of hydrogen-bond acceptors (Lipinski definition) is 2. The highest BCUT2D eigenvalue weighted by Crippen LogP contribution is 2.26. The highest BCUT2D eigenvalue weighted by Gasteiger charge is 2.00. The predicted octanol–water partition coefficient (Wildman–Crippen LogP) is 6.00. The third-order valence-electron chi connectivity index (χ3n) is 4.21. The van der Waals surface area contributed by atoms with E-state index in [4.69, 9.17) is 38.5 Å². The van der Waals surface area contributed by atoms with E-state index >= 15 is 0 Å². The molecule has 11 heteroatoms. The number of unbranched alkanes of at least 4 members (excludes halogenated alkanes) is 16. The average Bonchev–Trinajstić information content (AvgIpc) is 2.64. The SMILES string of the molecule is CC.CCCCCCCCCCCCCCCCCCC.O.O=P(O)(O)O.O=P(O)(O)O. The molecule has 202 valence electrons. The van der Waals surface area contributed by atoms with Crippen molar-refractivity contribution in [2.24, 2.45) is 0 Å². The highest BCUT2D eigenvalue weighted by atomic mass is 31.2. The van der Waals surface area contributed by atoms with Crippen LogP contribution in [0.25, 0.3) is 0 Å². The van der Waals surface area contributed by atoms with E-state index in [-0.39, 0.29) is 5.48 Å². The van der Waals surface area contributed by atoms with Crippen molar-refractivity contribution in [1.82, 2.24) is 0 Å². The van der Waals surface area contributed by atoms with Crippen molar-refractivity contribution >= 4 is 15.6 Å². The fourth-order valence-electron chi connectivity index (χ4n) is 2.80. The van der Waals surface area contributed by atoms with Crippen molar-refractivity contribution in [2.45, 2.75) is 137 Å². The summed E-state index contributed by atoms with van der Waals surface area (Å²) in [6, 6.07) is 0. The molecule has 0 aliphatic rings. The average molecular weight is 513 g/mol. The Morgan fingerprint density at radius 3 is 0.594 bits per heavy atom. The monoisotopic (exact) mass is 512 g/mol. The minimum atomic E-state index is -4.64. The second-order valence-electron chi connectivity index (χ2n) is 7.33. The molecule has 0 rings (SSSR count). The molecule has 0 aromatic carbocycles. The van der Waals surface area contributed by atoms with Gasteiger partial charge < -0.3 is 34.8 Å². The molecular weight excluding hydrogens is 458 g/mol. The van der Waals surface area contributed by atoms with Gasteiger partial charge in [0, 0.05) is 0 Å². The Morgan fingerprint density at radius 1 is 0.406 bits per heavy atom. The second-order valence-corrected chi connectivity index (χ2v) is 9.38. The maximum Gasteiger partial charge on any atom is 0.466 e. The van der Waals surface area contributed by atoms with Gasteiger partial charge in [-0.3, -0.25) is 0 Å². The van der Waals surface area contributed by atoms with Crippen molar-refractivity contribution in [1.29, 1.82) is 0 Å². The van der Waals surface area contributed by atoms with Crippen LogP contribution in [0.2, 0.25) is 0 Å². The van der Waals surface area contributed by atoms with Crippen molar-refractivity contribution < 1.29 is 44.0 Å². The summed E-state index contributed by atoms with van der Waals surface area (Å²) in [4.78, 5) is 43.1. The first-order chi connectivity index (χ1) is 14.4. The van der Waals surface area contributed by atoms with E-state index in [9.17, 15) is 0 Å². The first kappa shape index (κ1) is 42.3. The van der Waals surface area contributed by atoms with E-state index in [2.05, 4.69) is 13.8 Å². The van der Waals surface area contributed by atoms with Gasteiger partial charge in [0.05, 0.1) is 0 Å². The van der Waals surface area contributed by atoms with Crippen molar-refractivity contribution in [3.05, 3.63) is 0 Å². The summed E-state index contributed by atoms with van der Waals surface area (Å²) in [7, 11) is -9.28. The second kappa shape index (κ2) is 33.4. The normalized spacial score (nSPS) is 10.4. The maximum atomic E-state index is 8.88. The van der Waals surface area contributed by atoms with Gasteiger partial charge >= 0.3 is 15.6 Å². The van der Waals surface area contributed by atoms with Gasteiger partial charge in [-0.15, -0.1) is 0 Å². The topological polar surface area (TPSA) is 187 Å². The highest BCUT2D eigenvalue weighted by molar-refractivity contribution is 7.45. The lowest BCUT2D eigenvalue weighted by atomic mass is 10.0. The Balaban J connectivity index is -0.000000154. The summed E-state index contributed by atoms with van der Waals surface area (Å²) in [6.45, 7) is 8.59. The standard InChI is InChI=1S/C19H40.C2H6.2H3O4P.H2O/c1-3-5-7-9-11-13-15-17-19-18-16-14-12-10-8-6-4-2;1-2;2*1-5(2,3)4;/h3-19H2,1-2H3;1-2H3;2*(H3,1,2,3,4);1H2. The van der Waals surface area contributed by atoms with Crippen molar-refractivity contribution in [3.8, 4) is 0 Å². The van der Waals surface area contributed by atoms with E-state index in [0.717, 1.165) is 0 Å². The van der Waals surface area contributed by atoms with Crippen LogP contribution in [-0.2, 0) is 9.13 Å². The van der Waals surface area contributed by atoms with Crippen molar-refractivity contribution in [3.63, 3.8) is 0 Å². The smallest absolute Gasteiger partial charge is 0.412 e. The maximum absolute atomic E-state index is 8.88. The first-order valence-electron chi connectivity index (χ1n) is 12.0. The van der Waals surface area contributed by atoms with E-state index in [1.807, 2.05) is 13.8 Å². The number of rotatable bonds is 16. The van der Waals surface area contributed by atoms with Crippen LogP contribution in [-0.4, -0.2) is 34.8 Å². The fraction of sp³-hybridized carbons (Fsp3) is 1.00. The van der Waals surface area contributed by atoms with Crippen LogP contribution in [0.15, 0.2) is 0 Å². The first-order valence-corrected chi connectivity index (χ1v) is 15.1. The molecule has 0 heterocycles. The molecule has 0 aliphatic heterocycles. The Bertz CT molecular complexity index is 346. The predicted molar refractivity (Wildman–Crippen MR) is 133 cm³/mol. The van der Waals surface area contributed by atoms with E-state index < -0.39 is 15.6 Å². The van der Waals surface area contributed by atoms with Gasteiger partial charge in [0.15, 0.2) is 0 Å². The lowest BCUT2D eigenvalue weighted by Crippen LogP contribution is -1.83.